The lowest BCUT2D eigenvalue weighted by atomic mass is 10.2. The number of carbonyl (C=O) groups excluding carboxylic acids is 2. The quantitative estimate of drug-likeness (QED) is 0.795. The van der Waals surface area contributed by atoms with Crippen molar-refractivity contribution in [3.63, 3.8) is 0 Å². The minimum Gasteiger partial charge on any atom is -0.480 e. The van der Waals surface area contributed by atoms with Crippen LogP contribution in [0, 0.1) is 13.8 Å². The lowest BCUT2D eigenvalue weighted by Crippen LogP contribution is -2.43. The monoisotopic (exact) mass is 303 g/mol. The van der Waals surface area contributed by atoms with Crippen LogP contribution in [0.5, 0.6) is 5.88 Å². The molecule has 8 nitrogen and oxygen atoms in total. The third-order valence-electron chi connectivity index (χ3n) is 2.92. The first-order valence-electron chi connectivity index (χ1n) is 6.60. The van der Waals surface area contributed by atoms with Crippen LogP contribution < -0.4 is 15.6 Å². The van der Waals surface area contributed by atoms with Gasteiger partial charge in [0.2, 0.25) is 5.88 Å². The Hall–Kier alpha value is -2.90. The summed E-state index contributed by atoms with van der Waals surface area (Å²) in [5.74, 6) is -0.707. The van der Waals surface area contributed by atoms with Crippen LogP contribution in [0.4, 0.5) is 0 Å². The van der Waals surface area contributed by atoms with Crippen molar-refractivity contribution in [2.24, 2.45) is 0 Å². The van der Waals surface area contributed by atoms with Crippen LogP contribution in [-0.4, -0.2) is 33.7 Å². The van der Waals surface area contributed by atoms with E-state index in [2.05, 4.69) is 20.9 Å². The Balaban J connectivity index is 1.93. The summed E-state index contributed by atoms with van der Waals surface area (Å²) in [6.07, 6.45) is 1.51. The van der Waals surface area contributed by atoms with Crippen LogP contribution in [0.15, 0.2) is 24.4 Å². The zero-order valence-corrected chi connectivity index (χ0v) is 12.6. The van der Waals surface area contributed by atoms with Gasteiger partial charge in [-0.2, -0.15) is 5.10 Å². The Morgan fingerprint density at radius 3 is 2.73 bits per heavy atom. The maximum absolute atomic E-state index is 12.0. The predicted molar refractivity (Wildman–Crippen MR) is 78.1 cm³/mol. The van der Waals surface area contributed by atoms with Gasteiger partial charge in [0.15, 0.2) is 0 Å². The molecular weight excluding hydrogens is 286 g/mol. The van der Waals surface area contributed by atoms with Crippen molar-refractivity contribution in [1.29, 1.82) is 0 Å². The normalized spacial score (nSPS) is 10.1. The van der Waals surface area contributed by atoms with E-state index >= 15 is 0 Å². The summed E-state index contributed by atoms with van der Waals surface area (Å²) >= 11 is 0. The first-order chi connectivity index (χ1) is 10.5. The van der Waals surface area contributed by atoms with Gasteiger partial charge < -0.3 is 4.74 Å². The molecule has 0 aliphatic heterocycles. The molecular formula is C14H17N5O3. The number of pyridine rings is 1. The fourth-order valence-corrected chi connectivity index (χ4v) is 1.93. The Kier molecular flexibility index (Phi) is 4.72. The van der Waals surface area contributed by atoms with E-state index in [4.69, 9.17) is 4.74 Å². The van der Waals surface area contributed by atoms with Gasteiger partial charge in [0.05, 0.1) is 12.8 Å². The molecule has 0 fully saturated rings. The number of aryl methyl sites for hydroxylation is 2. The van der Waals surface area contributed by atoms with Crippen molar-refractivity contribution in [2.45, 2.75) is 20.4 Å². The van der Waals surface area contributed by atoms with Crippen LogP contribution >= 0.6 is 0 Å². The van der Waals surface area contributed by atoms with E-state index in [1.165, 1.54) is 13.3 Å². The van der Waals surface area contributed by atoms with E-state index in [-0.39, 0.29) is 23.9 Å². The Labute approximate surface area is 127 Å². The summed E-state index contributed by atoms with van der Waals surface area (Å²) in [6.45, 7) is 3.72. The predicted octanol–water partition coefficient (Wildman–Crippen LogP) is 0.365. The molecule has 0 aliphatic rings. The number of methoxy groups -OCH3 is 1. The standard InChI is InChI=1S/C14H17N5O3/c1-9-7-10(2)19(18-9)8-12(20)16-17-13(21)11-5-4-6-15-14(11)22-3/h4-7H,8H2,1-3H3,(H,16,20)(H,17,21). The summed E-state index contributed by atoms with van der Waals surface area (Å²) < 4.78 is 6.55. The molecule has 2 N–H and O–H groups in total. The molecule has 8 heteroatoms. The van der Waals surface area contributed by atoms with Crippen LogP contribution in [0.2, 0.25) is 0 Å². The van der Waals surface area contributed by atoms with Crippen LogP contribution in [0.25, 0.3) is 0 Å². The minimum atomic E-state index is -0.508. The second kappa shape index (κ2) is 6.70. The smallest absolute Gasteiger partial charge is 0.275 e. The zero-order valence-electron chi connectivity index (χ0n) is 12.6. The number of aromatic nitrogens is 3. The molecule has 0 bridgehead atoms. The number of hydrogen-bond donors (Lipinski definition) is 2. The van der Waals surface area contributed by atoms with Gasteiger partial charge in [-0.1, -0.05) is 0 Å². The van der Waals surface area contributed by atoms with Gasteiger partial charge in [0.1, 0.15) is 12.1 Å². The average Bonchev–Trinajstić information content (AvgIpc) is 2.82. The molecule has 0 spiro atoms. The molecule has 116 valence electrons. The van der Waals surface area contributed by atoms with Crippen molar-refractivity contribution in [1.82, 2.24) is 25.6 Å². The summed E-state index contributed by atoms with van der Waals surface area (Å²) in [7, 11) is 1.42. The highest BCUT2D eigenvalue weighted by atomic mass is 16.5. The third kappa shape index (κ3) is 3.60. The van der Waals surface area contributed by atoms with E-state index in [9.17, 15) is 9.59 Å². The molecule has 0 unspecified atom stereocenters. The first kappa shape index (κ1) is 15.5. The van der Waals surface area contributed by atoms with Gasteiger partial charge in [-0.05, 0) is 32.0 Å². The summed E-state index contributed by atoms with van der Waals surface area (Å²) in [5, 5.41) is 4.18. The SMILES string of the molecule is COc1ncccc1C(=O)NNC(=O)Cn1nc(C)cc1C. The van der Waals surface area contributed by atoms with Crippen molar-refractivity contribution < 1.29 is 14.3 Å². The molecule has 2 aromatic heterocycles. The van der Waals surface area contributed by atoms with Crippen LogP contribution in [0.3, 0.4) is 0 Å². The number of rotatable bonds is 4. The van der Waals surface area contributed by atoms with Crippen molar-refractivity contribution in [2.75, 3.05) is 7.11 Å². The highest BCUT2D eigenvalue weighted by Gasteiger charge is 2.14. The number of amides is 2. The van der Waals surface area contributed by atoms with E-state index in [0.717, 1.165) is 11.4 Å². The third-order valence-corrected chi connectivity index (χ3v) is 2.92. The molecule has 0 saturated heterocycles. The fourth-order valence-electron chi connectivity index (χ4n) is 1.93. The van der Waals surface area contributed by atoms with Crippen LogP contribution in [-0.2, 0) is 11.3 Å². The molecule has 0 radical (unpaired) electrons. The van der Waals surface area contributed by atoms with Gasteiger partial charge in [0.25, 0.3) is 11.8 Å². The lowest BCUT2D eigenvalue weighted by Gasteiger charge is -2.10. The summed E-state index contributed by atoms with van der Waals surface area (Å²) in [6, 6.07) is 5.02. The molecule has 2 amide bonds. The van der Waals surface area contributed by atoms with E-state index in [0.29, 0.717) is 0 Å². The second-order valence-corrected chi connectivity index (χ2v) is 4.65. The molecule has 0 aliphatic carbocycles. The Morgan fingerprint density at radius 1 is 1.32 bits per heavy atom. The number of nitrogens with zero attached hydrogens (tertiary/aromatic N) is 3. The topological polar surface area (TPSA) is 98.1 Å². The van der Waals surface area contributed by atoms with Crippen molar-refractivity contribution >= 4 is 11.8 Å². The Morgan fingerprint density at radius 2 is 2.09 bits per heavy atom. The number of hydrogen-bond acceptors (Lipinski definition) is 5. The second-order valence-electron chi connectivity index (χ2n) is 4.65. The summed E-state index contributed by atoms with van der Waals surface area (Å²) in [4.78, 5) is 27.7. The maximum Gasteiger partial charge on any atom is 0.275 e. The lowest BCUT2D eigenvalue weighted by molar-refractivity contribution is -0.122. The maximum atomic E-state index is 12.0. The van der Waals surface area contributed by atoms with Gasteiger partial charge in [-0.15, -0.1) is 0 Å². The molecule has 0 aromatic carbocycles. The highest BCUT2D eigenvalue weighted by Crippen LogP contribution is 2.12. The van der Waals surface area contributed by atoms with Crippen molar-refractivity contribution in [3.05, 3.63) is 41.3 Å². The molecule has 2 aromatic rings. The largest absolute Gasteiger partial charge is 0.480 e. The van der Waals surface area contributed by atoms with E-state index in [1.54, 1.807) is 16.8 Å². The van der Waals surface area contributed by atoms with Crippen LogP contribution in [0.1, 0.15) is 21.7 Å². The van der Waals surface area contributed by atoms with Gasteiger partial charge in [-0.3, -0.25) is 25.1 Å². The fraction of sp³-hybridized carbons (Fsp3) is 0.286. The number of ether oxygens (including phenoxy) is 1. The highest BCUT2D eigenvalue weighted by molar-refractivity contribution is 5.97. The number of carbonyl (C=O) groups is 2. The van der Waals surface area contributed by atoms with Gasteiger partial charge >= 0.3 is 0 Å². The number of nitrogens with one attached hydrogen (secondary N) is 2. The Bertz CT molecular complexity index is 696. The average molecular weight is 303 g/mol. The zero-order chi connectivity index (χ0) is 16.1. The minimum absolute atomic E-state index is 0.0180. The van der Waals surface area contributed by atoms with E-state index < -0.39 is 5.91 Å². The van der Waals surface area contributed by atoms with Gasteiger partial charge in [-0.25, -0.2) is 4.98 Å². The molecule has 2 rings (SSSR count). The van der Waals surface area contributed by atoms with Crippen molar-refractivity contribution in [3.8, 4) is 5.88 Å². The molecule has 0 atom stereocenters. The first-order valence-corrected chi connectivity index (χ1v) is 6.60. The molecule has 22 heavy (non-hydrogen) atoms. The molecule has 0 saturated carbocycles. The van der Waals surface area contributed by atoms with Gasteiger partial charge in [0, 0.05) is 11.9 Å². The summed E-state index contributed by atoms with van der Waals surface area (Å²) in [5.41, 5.74) is 6.58. The molecule has 2 heterocycles. The number of hydrazine groups is 1. The van der Waals surface area contributed by atoms with E-state index in [1.807, 2.05) is 19.9 Å².